The van der Waals surface area contributed by atoms with E-state index >= 15 is 0 Å². The molecule has 0 spiro atoms. The molecular formula is C33H32N4O3. The number of amides is 4. The first-order chi connectivity index (χ1) is 19.6. The molecule has 0 aliphatic carbocycles. The molecule has 2 unspecified atom stereocenters. The number of carbonyl (C=O) groups is 3. The van der Waals surface area contributed by atoms with Crippen molar-refractivity contribution in [3.8, 4) is 0 Å². The molecule has 2 atom stereocenters. The van der Waals surface area contributed by atoms with E-state index < -0.39 is 12.1 Å². The molecule has 1 aliphatic heterocycles. The molecule has 4 aromatic rings. The summed E-state index contributed by atoms with van der Waals surface area (Å²) in [4.78, 5) is 44.7. The van der Waals surface area contributed by atoms with Gasteiger partial charge in [0.2, 0.25) is 11.8 Å². The number of nitrogens with zero attached hydrogens (tertiary/aromatic N) is 2. The van der Waals surface area contributed by atoms with Crippen LogP contribution in [-0.4, -0.2) is 39.7 Å². The molecule has 1 fully saturated rings. The molecule has 0 bridgehead atoms. The van der Waals surface area contributed by atoms with Gasteiger partial charge in [0, 0.05) is 26.2 Å². The fourth-order valence-electron chi connectivity index (χ4n) is 4.99. The topological polar surface area (TPSA) is 81.8 Å². The largest absolute Gasteiger partial charge is 0.350 e. The third-order valence-electron chi connectivity index (χ3n) is 7.01. The van der Waals surface area contributed by atoms with Crippen LogP contribution in [0.3, 0.4) is 0 Å². The van der Waals surface area contributed by atoms with Crippen LogP contribution in [0.5, 0.6) is 0 Å². The summed E-state index contributed by atoms with van der Waals surface area (Å²) in [7, 11) is 0. The van der Waals surface area contributed by atoms with Crippen molar-refractivity contribution in [1.82, 2.24) is 20.4 Å². The molecule has 1 heterocycles. The van der Waals surface area contributed by atoms with Crippen LogP contribution < -0.4 is 10.6 Å². The zero-order valence-corrected chi connectivity index (χ0v) is 22.1. The highest BCUT2D eigenvalue weighted by atomic mass is 16.2. The molecule has 2 N–H and O–H groups in total. The Morgan fingerprint density at radius 1 is 0.500 bits per heavy atom. The lowest BCUT2D eigenvalue weighted by atomic mass is 10.0. The fraction of sp³-hybridized carbons (Fsp3) is 0.182. The van der Waals surface area contributed by atoms with Crippen molar-refractivity contribution in [2.75, 3.05) is 0 Å². The lowest BCUT2D eigenvalue weighted by Gasteiger charge is -2.26. The maximum Gasteiger partial charge on any atom is 0.322 e. The molecule has 4 amide bonds. The van der Waals surface area contributed by atoms with E-state index in [0.717, 1.165) is 22.3 Å². The number of carbonyl (C=O) groups excluding carboxylic acids is 3. The molecule has 1 saturated heterocycles. The molecule has 0 radical (unpaired) electrons. The zero-order valence-electron chi connectivity index (χ0n) is 22.1. The Kier molecular flexibility index (Phi) is 8.51. The number of nitrogens with one attached hydrogen (secondary N) is 2. The van der Waals surface area contributed by atoms with Gasteiger partial charge in [-0.1, -0.05) is 121 Å². The van der Waals surface area contributed by atoms with E-state index in [1.807, 2.05) is 121 Å². The predicted octanol–water partition coefficient (Wildman–Crippen LogP) is 4.49. The van der Waals surface area contributed by atoms with E-state index in [-0.39, 0.29) is 30.9 Å². The average molecular weight is 533 g/mol. The normalized spacial score (nSPS) is 16.6. The number of urea groups is 1. The molecule has 202 valence electrons. The van der Waals surface area contributed by atoms with E-state index in [4.69, 9.17) is 0 Å². The Balaban J connectivity index is 1.47. The van der Waals surface area contributed by atoms with Crippen molar-refractivity contribution >= 4 is 17.8 Å². The second kappa shape index (κ2) is 12.8. The molecule has 4 aromatic carbocycles. The summed E-state index contributed by atoms with van der Waals surface area (Å²) in [5.41, 5.74) is 3.62. The fourth-order valence-corrected chi connectivity index (χ4v) is 4.99. The van der Waals surface area contributed by atoms with Crippen molar-refractivity contribution in [2.45, 2.75) is 38.3 Å². The van der Waals surface area contributed by atoms with Gasteiger partial charge in [0.1, 0.15) is 12.1 Å². The maximum absolute atomic E-state index is 14.0. The highest BCUT2D eigenvalue weighted by molar-refractivity contribution is 6.00. The van der Waals surface area contributed by atoms with Crippen LogP contribution >= 0.6 is 0 Å². The number of benzene rings is 4. The summed E-state index contributed by atoms with van der Waals surface area (Å²) in [5.74, 6) is -0.743. The Labute approximate surface area is 234 Å². The summed E-state index contributed by atoms with van der Waals surface area (Å²) in [6, 6.07) is 35.8. The van der Waals surface area contributed by atoms with Gasteiger partial charge >= 0.3 is 6.03 Å². The SMILES string of the molecule is O=C(NCc1ccccc1)C1C(C(=O)NCc2ccccc2)N(Cc2ccccc2)C(=O)N1Cc1ccccc1. The molecule has 0 aromatic heterocycles. The molecule has 7 heteroatoms. The maximum atomic E-state index is 14.0. The highest BCUT2D eigenvalue weighted by Crippen LogP contribution is 2.28. The molecular weight excluding hydrogens is 500 g/mol. The van der Waals surface area contributed by atoms with Gasteiger partial charge in [-0.15, -0.1) is 0 Å². The van der Waals surface area contributed by atoms with Crippen molar-refractivity contribution in [3.63, 3.8) is 0 Å². The summed E-state index contributed by atoms with van der Waals surface area (Å²) < 4.78 is 0. The minimum atomic E-state index is -1.02. The van der Waals surface area contributed by atoms with Gasteiger partial charge in [0.05, 0.1) is 0 Å². The molecule has 1 aliphatic rings. The Morgan fingerprint density at radius 2 is 0.800 bits per heavy atom. The molecule has 5 rings (SSSR count). The van der Waals surface area contributed by atoms with Gasteiger partial charge in [-0.05, 0) is 22.3 Å². The van der Waals surface area contributed by atoms with Crippen molar-refractivity contribution < 1.29 is 14.4 Å². The number of hydrogen-bond donors (Lipinski definition) is 2. The van der Waals surface area contributed by atoms with Gasteiger partial charge in [-0.2, -0.15) is 0 Å². The van der Waals surface area contributed by atoms with Crippen LogP contribution in [0, 0.1) is 0 Å². The van der Waals surface area contributed by atoms with E-state index in [2.05, 4.69) is 10.6 Å². The van der Waals surface area contributed by atoms with Crippen LogP contribution in [0.25, 0.3) is 0 Å². The standard InChI is InChI=1S/C33H32N4O3/c38-31(34-21-25-13-5-1-6-14-25)29-30(32(39)35-22-26-15-7-2-8-16-26)37(24-28-19-11-4-12-20-28)33(40)36(29)23-27-17-9-3-10-18-27/h1-20,29-30H,21-24H2,(H,34,38)(H,35,39). The van der Waals surface area contributed by atoms with Crippen LogP contribution in [0.15, 0.2) is 121 Å². The van der Waals surface area contributed by atoms with E-state index in [1.54, 1.807) is 0 Å². The lowest BCUT2D eigenvalue weighted by Crippen LogP contribution is -2.54. The average Bonchev–Trinajstić information content (AvgIpc) is 3.27. The minimum Gasteiger partial charge on any atom is -0.350 e. The zero-order chi connectivity index (χ0) is 27.7. The minimum absolute atomic E-state index is 0.205. The Bertz CT molecular complexity index is 1310. The van der Waals surface area contributed by atoms with Crippen molar-refractivity contribution in [1.29, 1.82) is 0 Å². The van der Waals surface area contributed by atoms with E-state index in [9.17, 15) is 14.4 Å². The van der Waals surface area contributed by atoms with Crippen LogP contribution in [0.1, 0.15) is 22.3 Å². The summed E-state index contributed by atoms with van der Waals surface area (Å²) >= 11 is 0. The first-order valence-electron chi connectivity index (χ1n) is 13.4. The lowest BCUT2D eigenvalue weighted by molar-refractivity contribution is -0.133. The third kappa shape index (κ3) is 6.38. The molecule has 40 heavy (non-hydrogen) atoms. The summed E-state index contributed by atoms with van der Waals surface area (Å²) in [5, 5.41) is 5.96. The number of hydrogen-bond acceptors (Lipinski definition) is 3. The van der Waals surface area contributed by atoms with E-state index in [1.165, 1.54) is 9.80 Å². The van der Waals surface area contributed by atoms with Crippen LogP contribution in [0.2, 0.25) is 0 Å². The molecule has 7 nitrogen and oxygen atoms in total. The first-order valence-corrected chi connectivity index (χ1v) is 13.4. The molecule has 0 saturated carbocycles. The summed E-state index contributed by atoms with van der Waals surface area (Å²) in [6.07, 6.45) is 0. The summed E-state index contributed by atoms with van der Waals surface area (Å²) in [6.45, 7) is 0.995. The first kappa shape index (κ1) is 26.7. The van der Waals surface area contributed by atoms with Gasteiger partial charge in [-0.3, -0.25) is 9.59 Å². The highest BCUT2D eigenvalue weighted by Gasteiger charge is 2.52. The van der Waals surface area contributed by atoms with Crippen LogP contribution in [-0.2, 0) is 35.8 Å². The smallest absolute Gasteiger partial charge is 0.322 e. The Hall–Kier alpha value is -4.91. The quantitative estimate of drug-likeness (QED) is 0.316. The van der Waals surface area contributed by atoms with Gasteiger partial charge in [0.25, 0.3) is 0 Å². The number of rotatable bonds is 10. The Morgan fingerprint density at radius 3 is 1.12 bits per heavy atom. The second-order valence-corrected chi connectivity index (χ2v) is 9.81. The van der Waals surface area contributed by atoms with Gasteiger partial charge < -0.3 is 20.4 Å². The monoisotopic (exact) mass is 532 g/mol. The van der Waals surface area contributed by atoms with Crippen molar-refractivity contribution in [3.05, 3.63) is 144 Å². The van der Waals surface area contributed by atoms with Crippen molar-refractivity contribution in [2.24, 2.45) is 0 Å². The van der Waals surface area contributed by atoms with Gasteiger partial charge in [-0.25, -0.2) is 4.79 Å². The van der Waals surface area contributed by atoms with Gasteiger partial charge in [0.15, 0.2) is 0 Å². The third-order valence-corrected chi connectivity index (χ3v) is 7.01. The van der Waals surface area contributed by atoms with E-state index in [0.29, 0.717) is 13.1 Å². The van der Waals surface area contributed by atoms with Crippen LogP contribution in [0.4, 0.5) is 4.79 Å². The predicted molar refractivity (Wildman–Crippen MR) is 154 cm³/mol. The second-order valence-electron chi connectivity index (χ2n) is 9.81.